The molecule has 1 aliphatic heterocycles. The Kier molecular flexibility index (Phi) is 3.11. The fourth-order valence-corrected chi connectivity index (χ4v) is 2.13. The van der Waals surface area contributed by atoms with Crippen molar-refractivity contribution in [3.05, 3.63) is 35.0 Å². The minimum absolute atomic E-state index is 0.300. The predicted octanol–water partition coefficient (Wildman–Crippen LogP) is 0.632. The number of aryl methyl sites for hydroxylation is 1. The zero-order valence-electron chi connectivity index (χ0n) is 11.2. The van der Waals surface area contributed by atoms with E-state index in [0.29, 0.717) is 36.1 Å². The fourth-order valence-electron chi connectivity index (χ4n) is 2.13. The first kappa shape index (κ1) is 12.6. The van der Waals surface area contributed by atoms with Crippen LogP contribution in [0.5, 0.6) is 0 Å². The zero-order chi connectivity index (χ0) is 14.1. The molecule has 0 amide bonds. The summed E-state index contributed by atoms with van der Waals surface area (Å²) in [7, 11) is 1.34. The van der Waals surface area contributed by atoms with Crippen LogP contribution in [0.25, 0.3) is 11.5 Å². The minimum Gasteiger partial charge on any atom is -0.464 e. The number of nitrogens with one attached hydrogen (secondary N) is 1. The van der Waals surface area contributed by atoms with Crippen LogP contribution in [0.3, 0.4) is 0 Å². The first-order chi connectivity index (χ1) is 9.69. The minimum atomic E-state index is -0.459. The Labute approximate surface area is 115 Å². The summed E-state index contributed by atoms with van der Waals surface area (Å²) < 4.78 is 4.79. The van der Waals surface area contributed by atoms with Crippen molar-refractivity contribution >= 4 is 5.97 Å². The Bertz CT molecular complexity index is 686. The number of ether oxygens (including phenoxy) is 1. The summed E-state index contributed by atoms with van der Waals surface area (Å²) in [6, 6.07) is 1.72. The van der Waals surface area contributed by atoms with Crippen molar-refractivity contribution in [2.45, 2.75) is 20.0 Å². The lowest BCUT2D eigenvalue weighted by Crippen LogP contribution is -2.12. The van der Waals surface area contributed by atoms with Gasteiger partial charge in [0, 0.05) is 24.8 Å². The largest absolute Gasteiger partial charge is 0.464 e. The first-order valence-electron chi connectivity index (χ1n) is 6.18. The van der Waals surface area contributed by atoms with Gasteiger partial charge in [-0.3, -0.25) is 0 Å². The molecule has 0 saturated carbocycles. The number of carbonyl (C=O) groups excluding carboxylic acids is 1. The number of fused-ring (bicyclic) bond motifs is 1. The van der Waals surface area contributed by atoms with Crippen LogP contribution in [-0.2, 0) is 17.8 Å². The van der Waals surface area contributed by atoms with Gasteiger partial charge in [0.1, 0.15) is 11.5 Å². The van der Waals surface area contributed by atoms with Gasteiger partial charge in [-0.2, -0.15) is 0 Å². The van der Waals surface area contributed by atoms with Crippen molar-refractivity contribution in [3.8, 4) is 11.5 Å². The molecule has 0 fully saturated rings. The third-order valence-corrected chi connectivity index (χ3v) is 3.07. The van der Waals surface area contributed by atoms with Crippen molar-refractivity contribution in [2.24, 2.45) is 0 Å². The average molecular weight is 271 g/mol. The molecule has 2 aromatic rings. The Morgan fingerprint density at radius 1 is 1.30 bits per heavy atom. The summed E-state index contributed by atoms with van der Waals surface area (Å²) in [5.74, 6) is 0.585. The molecule has 0 unspecified atom stereocenters. The third-order valence-electron chi connectivity index (χ3n) is 3.07. The normalized spacial score (nSPS) is 13.1. The predicted molar refractivity (Wildman–Crippen MR) is 69.7 cm³/mol. The highest BCUT2D eigenvalue weighted by atomic mass is 16.5. The van der Waals surface area contributed by atoms with E-state index in [2.05, 4.69) is 25.3 Å². The molecule has 0 aliphatic carbocycles. The van der Waals surface area contributed by atoms with Crippen LogP contribution in [-0.4, -0.2) is 33.0 Å². The number of methoxy groups -OCH3 is 1. The molecule has 0 aromatic carbocycles. The fraction of sp³-hybridized carbons (Fsp3) is 0.308. The molecule has 1 aliphatic rings. The molecule has 7 nitrogen and oxygen atoms in total. The smallest absolute Gasteiger partial charge is 0.357 e. The highest BCUT2D eigenvalue weighted by Crippen LogP contribution is 2.21. The second-order valence-corrected chi connectivity index (χ2v) is 4.41. The quantitative estimate of drug-likeness (QED) is 0.801. The maximum atomic E-state index is 11.9. The van der Waals surface area contributed by atoms with Crippen LogP contribution in [0, 0.1) is 6.92 Å². The van der Waals surface area contributed by atoms with E-state index in [1.165, 1.54) is 7.11 Å². The monoisotopic (exact) mass is 271 g/mol. The summed E-state index contributed by atoms with van der Waals surface area (Å²) in [6.45, 7) is 2.97. The second-order valence-electron chi connectivity index (χ2n) is 4.41. The van der Waals surface area contributed by atoms with Crippen molar-refractivity contribution in [1.82, 2.24) is 25.3 Å². The molecule has 0 spiro atoms. The lowest BCUT2D eigenvalue weighted by Gasteiger charge is -2.07. The average Bonchev–Trinajstić information content (AvgIpc) is 2.93. The Morgan fingerprint density at radius 2 is 2.15 bits per heavy atom. The third kappa shape index (κ3) is 2.12. The summed E-state index contributed by atoms with van der Waals surface area (Å²) >= 11 is 0. The van der Waals surface area contributed by atoms with E-state index >= 15 is 0 Å². The van der Waals surface area contributed by atoms with E-state index in [-0.39, 0.29) is 0 Å². The zero-order valence-corrected chi connectivity index (χ0v) is 11.2. The highest BCUT2D eigenvalue weighted by Gasteiger charge is 2.24. The first-order valence-corrected chi connectivity index (χ1v) is 6.18. The molecule has 102 valence electrons. The van der Waals surface area contributed by atoms with E-state index in [1.807, 2.05) is 0 Å². The molecular formula is C13H13N5O2. The molecule has 7 heteroatoms. The van der Waals surface area contributed by atoms with Crippen LogP contribution >= 0.6 is 0 Å². The highest BCUT2D eigenvalue weighted by molar-refractivity contribution is 5.89. The van der Waals surface area contributed by atoms with E-state index in [4.69, 9.17) is 4.74 Å². The lowest BCUT2D eigenvalue weighted by molar-refractivity contribution is 0.0592. The van der Waals surface area contributed by atoms with Gasteiger partial charge in [-0.1, -0.05) is 0 Å². The van der Waals surface area contributed by atoms with E-state index in [1.54, 1.807) is 19.2 Å². The molecule has 20 heavy (non-hydrogen) atoms. The summed E-state index contributed by atoms with van der Waals surface area (Å²) in [4.78, 5) is 29.0. The SMILES string of the molecule is COC(=O)c1nc(-c2ccnc(C)n2)nc2c1CNC2. The van der Waals surface area contributed by atoms with Gasteiger partial charge in [0.25, 0.3) is 0 Å². The van der Waals surface area contributed by atoms with Crippen molar-refractivity contribution in [1.29, 1.82) is 0 Å². The molecule has 2 aromatic heterocycles. The van der Waals surface area contributed by atoms with E-state index < -0.39 is 5.97 Å². The maximum absolute atomic E-state index is 11.9. The molecule has 0 radical (unpaired) electrons. The topological polar surface area (TPSA) is 89.9 Å². The Morgan fingerprint density at radius 3 is 2.90 bits per heavy atom. The standard InChI is InChI=1S/C13H13N5O2/c1-7-15-4-3-9(16-7)12-17-10-6-14-5-8(10)11(18-12)13(19)20-2/h3-4,14H,5-6H2,1-2H3. The van der Waals surface area contributed by atoms with Gasteiger partial charge in [-0.05, 0) is 13.0 Å². The van der Waals surface area contributed by atoms with Gasteiger partial charge in [-0.25, -0.2) is 24.7 Å². The van der Waals surface area contributed by atoms with Crippen molar-refractivity contribution < 1.29 is 9.53 Å². The Balaban J connectivity index is 2.16. The van der Waals surface area contributed by atoms with Crippen LogP contribution in [0.4, 0.5) is 0 Å². The molecular weight excluding hydrogens is 258 g/mol. The lowest BCUT2D eigenvalue weighted by atomic mass is 10.2. The van der Waals surface area contributed by atoms with Gasteiger partial charge in [0.2, 0.25) is 0 Å². The van der Waals surface area contributed by atoms with Gasteiger partial charge < -0.3 is 10.1 Å². The van der Waals surface area contributed by atoms with Crippen LogP contribution < -0.4 is 5.32 Å². The molecule has 0 atom stereocenters. The number of hydrogen-bond donors (Lipinski definition) is 1. The van der Waals surface area contributed by atoms with Gasteiger partial charge in [0.05, 0.1) is 12.8 Å². The number of rotatable bonds is 2. The van der Waals surface area contributed by atoms with Crippen LogP contribution in [0.1, 0.15) is 27.6 Å². The molecule has 0 bridgehead atoms. The summed E-state index contributed by atoms with van der Waals surface area (Å²) in [5, 5.41) is 3.15. The Hall–Kier alpha value is -2.41. The molecule has 0 saturated heterocycles. The van der Waals surface area contributed by atoms with Crippen molar-refractivity contribution in [2.75, 3.05) is 7.11 Å². The van der Waals surface area contributed by atoms with E-state index in [0.717, 1.165) is 11.3 Å². The molecule has 3 rings (SSSR count). The van der Waals surface area contributed by atoms with Crippen LogP contribution in [0.2, 0.25) is 0 Å². The summed E-state index contributed by atoms with van der Waals surface area (Å²) in [6.07, 6.45) is 1.64. The molecule has 1 N–H and O–H groups in total. The maximum Gasteiger partial charge on any atom is 0.357 e. The summed E-state index contributed by atoms with van der Waals surface area (Å²) in [5.41, 5.74) is 2.50. The van der Waals surface area contributed by atoms with Gasteiger partial charge in [0.15, 0.2) is 11.5 Å². The second kappa shape index (κ2) is 4.93. The number of aromatic nitrogens is 4. The number of nitrogens with zero attached hydrogens (tertiary/aromatic N) is 4. The molecule has 3 heterocycles. The number of esters is 1. The van der Waals surface area contributed by atoms with Gasteiger partial charge in [-0.15, -0.1) is 0 Å². The number of hydrogen-bond acceptors (Lipinski definition) is 7. The van der Waals surface area contributed by atoms with Crippen LogP contribution in [0.15, 0.2) is 12.3 Å². The van der Waals surface area contributed by atoms with E-state index in [9.17, 15) is 4.79 Å². The van der Waals surface area contributed by atoms with Crippen molar-refractivity contribution in [3.63, 3.8) is 0 Å². The van der Waals surface area contributed by atoms with Gasteiger partial charge >= 0.3 is 5.97 Å². The number of carbonyl (C=O) groups is 1.